The van der Waals surface area contributed by atoms with Crippen molar-refractivity contribution >= 4 is 11.9 Å². The molecule has 5 heteroatoms. The van der Waals surface area contributed by atoms with Crippen LogP contribution >= 0.6 is 0 Å². The Bertz CT molecular complexity index is 441. The number of hydrogen-bond acceptors (Lipinski definition) is 5. The Hall–Kier alpha value is -1.10. The molecule has 35 heavy (non-hydrogen) atoms. The molecule has 0 aliphatic heterocycles. The van der Waals surface area contributed by atoms with Crippen molar-refractivity contribution in [2.45, 2.75) is 168 Å². The van der Waals surface area contributed by atoms with Gasteiger partial charge in [-0.2, -0.15) is 0 Å². The van der Waals surface area contributed by atoms with E-state index in [0.29, 0.717) is 13.2 Å². The molecule has 5 nitrogen and oxygen atoms in total. The van der Waals surface area contributed by atoms with E-state index in [4.69, 9.17) is 9.47 Å². The van der Waals surface area contributed by atoms with Gasteiger partial charge in [-0.15, -0.1) is 0 Å². The van der Waals surface area contributed by atoms with Gasteiger partial charge in [-0.1, -0.05) is 129 Å². The number of rotatable bonds is 26. The third-order valence-corrected chi connectivity index (χ3v) is 6.69. The Kier molecular flexibility index (Phi) is 25.2. The summed E-state index contributed by atoms with van der Waals surface area (Å²) in [6, 6.07) is -1.03. The van der Waals surface area contributed by atoms with Crippen LogP contribution in [0.2, 0.25) is 0 Å². The Morgan fingerprint density at radius 2 is 0.743 bits per heavy atom. The molecule has 0 bridgehead atoms. The summed E-state index contributed by atoms with van der Waals surface area (Å²) in [6.07, 6.45) is 25.1. The van der Waals surface area contributed by atoms with E-state index < -0.39 is 12.1 Å². The molecular weight excluding hydrogens is 438 g/mol. The largest absolute Gasteiger partial charge is 0.465 e. The summed E-state index contributed by atoms with van der Waals surface area (Å²) in [5.74, 6) is -0.592. The van der Waals surface area contributed by atoms with Crippen LogP contribution in [0, 0.1) is 0 Å². The second-order valence-electron chi connectivity index (χ2n) is 10.3. The second kappa shape index (κ2) is 26.0. The SMILES string of the molecule is CCCCCCCCCCCCOC(=O)C(C)NC(C)C(=O)OCCCCCCCCCCCC. The van der Waals surface area contributed by atoms with E-state index in [2.05, 4.69) is 19.2 Å². The van der Waals surface area contributed by atoms with Crippen LogP contribution in [0.3, 0.4) is 0 Å². The monoisotopic (exact) mass is 497 g/mol. The van der Waals surface area contributed by atoms with E-state index in [1.807, 2.05) is 0 Å². The molecule has 2 unspecified atom stereocenters. The summed E-state index contributed by atoms with van der Waals surface area (Å²) in [7, 11) is 0. The fourth-order valence-electron chi connectivity index (χ4n) is 4.29. The van der Waals surface area contributed by atoms with Crippen LogP contribution in [0.1, 0.15) is 156 Å². The van der Waals surface area contributed by atoms with Gasteiger partial charge in [0.15, 0.2) is 0 Å². The summed E-state index contributed by atoms with van der Waals surface area (Å²) in [4.78, 5) is 24.4. The summed E-state index contributed by atoms with van der Waals surface area (Å²) >= 11 is 0. The van der Waals surface area contributed by atoms with Gasteiger partial charge in [-0.25, -0.2) is 0 Å². The molecule has 0 fully saturated rings. The van der Waals surface area contributed by atoms with Gasteiger partial charge in [-0.3, -0.25) is 14.9 Å². The van der Waals surface area contributed by atoms with Gasteiger partial charge in [0, 0.05) is 0 Å². The number of hydrogen-bond donors (Lipinski definition) is 1. The molecule has 0 heterocycles. The first-order valence-electron chi connectivity index (χ1n) is 15.1. The topological polar surface area (TPSA) is 64.6 Å². The van der Waals surface area contributed by atoms with Crippen molar-refractivity contribution in [2.24, 2.45) is 0 Å². The van der Waals surface area contributed by atoms with Crippen molar-refractivity contribution in [3.05, 3.63) is 0 Å². The molecule has 0 radical (unpaired) electrons. The van der Waals surface area contributed by atoms with Crippen LogP contribution in [0.4, 0.5) is 0 Å². The zero-order valence-corrected chi connectivity index (χ0v) is 23.8. The molecule has 0 aliphatic rings. The minimum Gasteiger partial charge on any atom is -0.465 e. The third kappa shape index (κ3) is 23.1. The quantitative estimate of drug-likeness (QED) is 0.0962. The first-order valence-corrected chi connectivity index (χ1v) is 15.1. The van der Waals surface area contributed by atoms with Gasteiger partial charge in [0.1, 0.15) is 12.1 Å². The van der Waals surface area contributed by atoms with Gasteiger partial charge < -0.3 is 9.47 Å². The van der Waals surface area contributed by atoms with Crippen molar-refractivity contribution in [2.75, 3.05) is 13.2 Å². The summed E-state index contributed by atoms with van der Waals surface area (Å²) in [6.45, 7) is 8.90. The van der Waals surface area contributed by atoms with E-state index in [0.717, 1.165) is 25.7 Å². The van der Waals surface area contributed by atoms with Crippen molar-refractivity contribution in [1.29, 1.82) is 0 Å². The molecule has 0 amide bonds. The highest BCUT2D eigenvalue weighted by Gasteiger charge is 2.21. The third-order valence-electron chi connectivity index (χ3n) is 6.69. The zero-order chi connectivity index (χ0) is 26.0. The average molecular weight is 498 g/mol. The summed E-state index contributed by atoms with van der Waals surface area (Å²) < 4.78 is 10.8. The molecule has 0 aromatic heterocycles. The van der Waals surface area contributed by atoms with E-state index in [9.17, 15) is 9.59 Å². The predicted molar refractivity (Wildman–Crippen MR) is 148 cm³/mol. The van der Waals surface area contributed by atoms with Crippen LogP contribution < -0.4 is 5.32 Å². The number of ether oxygens (including phenoxy) is 2. The molecule has 0 rings (SSSR count). The Morgan fingerprint density at radius 1 is 0.486 bits per heavy atom. The predicted octanol–water partition coefficient (Wildman–Crippen LogP) is 8.28. The first-order chi connectivity index (χ1) is 17.0. The second-order valence-corrected chi connectivity index (χ2v) is 10.3. The Balaban J connectivity index is 3.60. The maximum atomic E-state index is 12.2. The maximum Gasteiger partial charge on any atom is 0.322 e. The molecule has 2 atom stereocenters. The molecule has 0 aromatic rings. The standard InChI is InChI=1S/C30H59NO4/c1-5-7-9-11-13-15-17-19-21-23-25-34-29(32)27(3)31-28(4)30(33)35-26-24-22-20-18-16-14-12-10-8-6-2/h27-28,31H,5-26H2,1-4H3. The van der Waals surface area contributed by atoms with Gasteiger partial charge in [0.05, 0.1) is 13.2 Å². The highest BCUT2D eigenvalue weighted by atomic mass is 16.5. The van der Waals surface area contributed by atoms with Gasteiger partial charge >= 0.3 is 11.9 Å². The highest BCUT2D eigenvalue weighted by Crippen LogP contribution is 2.12. The van der Waals surface area contributed by atoms with Crippen molar-refractivity contribution < 1.29 is 19.1 Å². The van der Waals surface area contributed by atoms with Crippen molar-refractivity contribution in [1.82, 2.24) is 5.32 Å². The Morgan fingerprint density at radius 3 is 1.03 bits per heavy atom. The lowest BCUT2D eigenvalue weighted by molar-refractivity contribution is -0.148. The van der Waals surface area contributed by atoms with Gasteiger partial charge in [0.2, 0.25) is 0 Å². The molecule has 0 aliphatic carbocycles. The van der Waals surface area contributed by atoms with Crippen LogP contribution in [0.15, 0.2) is 0 Å². The minimum atomic E-state index is -0.516. The summed E-state index contributed by atoms with van der Waals surface area (Å²) in [5.41, 5.74) is 0. The number of esters is 2. The van der Waals surface area contributed by atoms with Crippen LogP contribution in [-0.4, -0.2) is 37.2 Å². The lowest BCUT2D eigenvalue weighted by Gasteiger charge is -2.18. The van der Waals surface area contributed by atoms with E-state index in [-0.39, 0.29) is 11.9 Å². The molecule has 0 spiro atoms. The molecule has 0 saturated heterocycles. The van der Waals surface area contributed by atoms with E-state index >= 15 is 0 Å². The highest BCUT2D eigenvalue weighted by molar-refractivity contribution is 5.79. The molecule has 208 valence electrons. The van der Waals surface area contributed by atoms with Crippen molar-refractivity contribution in [3.8, 4) is 0 Å². The lowest BCUT2D eigenvalue weighted by atomic mass is 10.1. The van der Waals surface area contributed by atoms with Crippen LogP contribution in [0.25, 0.3) is 0 Å². The van der Waals surface area contributed by atoms with Gasteiger partial charge in [-0.05, 0) is 26.7 Å². The average Bonchev–Trinajstić information content (AvgIpc) is 2.85. The summed E-state index contributed by atoms with van der Waals surface area (Å²) in [5, 5.41) is 3.01. The van der Waals surface area contributed by atoms with Crippen LogP contribution in [0.5, 0.6) is 0 Å². The maximum absolute atomic E-state index is 12.2. The normalized spacial score (nSPS) is 12.9. The molecule has 0 saturated carbocycles. The van der Waals surface area contributed by atoms with Crippen molar-refractivity contribution in [3.63, 3.8) is 0 Å². The number of carbonyl (C=O) groups excluding carboxylic acids is 2. The molecule has 0 aromatic carbocycles. The smallest absolute Gasteiger partial charge is 0.322 e. The van der Waals surface area contributed by atoms with E-state index in [1.165, 1.54) is 103 Å². The molecular formula is C30H59NO4. The number of carbonyl (C=O) groups is 2. The van der Waals surface area contributed by atoms with E-state index in [1.54, 1.807) is 13.8 Å². The fraction of sp³-hybridized carbons (Fsp3) is 0.933. The number of unbranched alkanes of at least 4 members (excludes halogenated alkanes) is 18. The Labute approximate surface area is 217 Å². The fourth-order valence-corrected chi connectivity index (χ4v) is 4.29. The molecule has 1 N–H and O–H groups in total. The minimum absolute atomic E-state index is 0.296. The first kappa shape index (κ1) is 33.9. The zero-order valence-electron chi connectivity index (χ0n) is 23.8. The number of nitrogens with one attached hydrogen (secondary N) is 1. The van der Waals surface area contributed by atoms with Crippen LogP contribution in [-0.2, 0) is 19.1 Å². The van der Waals surface area contributed by atoms with Gasteiger partial charge in [0.25, 0.3) is 0 Å². The lowest BCUT2D eigenvalue weighted by Crippen LogP contribution is -2.45.